The Morgan fingerprint density at radius 2 is 1.55 bits per heavy atom. The van der Waals surface area contributed by atoms with Crippen LogP contribution in [0.5, 0.6) is 0 Å². The highest BCUT2D eigenvalue weighted by Crippen LogP contribution is 2.38. The van der Waals surface area contributed by atoms with Crippen LogP contribution in [0.3, 0.4) is 0 Å². The second kappa shape index (κ2) is 2.92. The Balaban J connectivity index is 4.22. The molecule has 0 fully saturated rings. The van der Waals surface area contributed by atoms with Crippen molar-refractivity contribution in [2.75, 3.05) is 0 Å². The van der Waals surface area contributed by atoms with E-state index in [-0.39, 0.29) is 0 Å². The van der Waals surface area contributed by atoms with Crippen molar-refractivity contribution in [1.29, 1.82) is 0 Å². The van der Waals surface area contributed by atoms with Gasteiger partial charge in [0.1, 0.15) is 0 Å². The van der Waals surface area contributed by atoms with Crippen LogP contribution in [0.25, 0.3) is 0 Å². The minimum atomic E-state index is -5.57. The van der Waals surface area contributed by atoms with Crippen LogP contribution in [0, 0.1) is 0 Å². The molecule has 1 atom stereocenters. The van der Waals surface area contributed by atoms with E-state index >= 15 is 0 Å². The number of halogens is 5. The Labute approximate surface area is 59.8 Å². The van der Waals surface area contributed by atoms with Crippen LogP contribution in [0.1, 0.15) is 13.3 Å². The standard InChI is InChI=1S/C5H7F5O/c1-3(11)2-4(6,7)5(8,9)10/h3,11H,2H2,1H3/t3-/m1/s1. The van der Waals surface area contributed by atoms with Crippen LogP contribution in [-0.4, -0.2) is 23.3 Å². The number of rotatable bonds is 2. The van der Waals surface area contributed by atoms with Crippen molar-refractivity contribution in [3.63, 3.8) is 0 Å². The normalized spacial score (nSPS) is 16.6. The maximum absolute atomic E-state index is 11.9. The molecule has 0 saturated heterocycles. The Hall–Kier alpha value is -0.390. The third kappa shape index (κ3) is 3.00. The van der Waals surface area contributed by atoms with Gasteiger partial charge in [-0.1, -0.05) is 0 Å². The van der Waals surface area contributed by atoms with Crippen molar-refractivity contribution in [1.82, 2.24) is 0 Å². The van der Waals surface area contributed by atoms with Crippen molar-refractivity contribution < 1.29 is 27.1 Å². The van der Waals surface area contributed by atoms with Crippen LogP contribution < -0.4 is 0 Å². The summed E-state index contributed by atoms with van der Waals surface area (Å²) in [6, 6.07) is 0. The lowest BCUT2D eigenvalue weighted by molar-refractivity contribution is -0.289. The molecule has 1 nitrogen and oxygen atoms in total. The summed E-state index contributed by atoms with van der Waals surface area (Å²) in [7, 11) is 0. The molecule has 0 amide bonds. The monoisotopic (exact) mass is 178 g/mol. The second-order valence-electron chi connectivity index (χ2n) is 2.26. The number of alkyl halides is 5. The van der Waals surface area contributed by atoms with Gasteiger partial charge in [-0.25, -0.2) is 0 Å². The van der Waals surface area contributed by atoms with Gasteiger partial charge in [-0.2, -0.15) is 22.0 Å². The largest absolute Gasteiger partial charge is 0.453 e. The summed E-state index contributed by atoms with van der Waals surface area (Å²) in [5.41, 5.74) is 0. The highest BCUT2D eigenvalue weighted by Gasteiger charge is 2.57. The van der Waals surface area contributed by atoms with Crippen LogP contribution >= 0.6 is 0 Å². The molecule has 1 N–H and O–H groups in total. The van der Waals surface area contributed by atoms with Gasteiger partial charge in [0.25, 0.3) is 0 Å². The fraction of sp³-hybridized carbons (Fsp3) is 1.00. The summed E-state index contributed by atoms with van der Waals surface area (Å²) in [5.74, 6) is -4.79. The molecule has 0 radical (unpaired) electrons. The van der Waals surface area contributed by atoms with E-state index in [0.717, 1.165) is 6.92 Å². The molecule has 0 aromatic carbocycles. The molecule has 6 heteroatoms. The van der Waals surface area contributed by atoms with Crippen LogP contribution in [0.4, 0.5) is 22.0 Å². The molecule has 0 spiro atoms. The summed E-state index contributed by atoms with van der Waals surface area (Å²) in [5, 5.41) is 8.27. The van der Waals surface area contributed by atoms with Gasteiger partial charge in [-0.05, 0) is 6.92 Å². The minimum absolute atomic E-state index is 0.875. The Bertz CT molecular complexity index is 127. The predicted molar refractivity (Wildman–Crippen MR) is 27.3 cm³/mol. The highest BCUT2D eigenvalue weighted by atomic mass is 19.4. The molecule has 0 heterocycles. The summed E-state index contributed by atoms with van der Waals surface area (Å²) in [6.45, 7) is 0.875. The average Bonchev–Trinajstić information content (AvgIpc) is 1.56. The zero-order valence-corrected chi connectivity index (χ0v) is 5.62. The van der Waals surface area contributed by atoms with Gasteiger partial charge in [0.15, 0.2) is 0 Å². The summed E-state index contributed by atoms with van der Waals surface area (Å²) < 4.78 is 57.8. The van der Waals surface area contributed by atoms with Gasteiger partial charge in [-0.15, -0.1) is 0 Å². The molecule has 0 aliphatic heterocycles. The zero-order chi connectivity index (χ0) is 9.28. The Kier molecular flexibility index (Phi) is 2.82. The van der Waals surface area contributed by atoms with Crippen LogP contribution in [0.2, 0.25) is 0 Å². The lowest BCUT2D eigenvalue weighted by Gasteiger charge is -2.20. The molecule has 0 bridgehead atoms. The number of aliphatic hydroxyl groups excluding tert-OH is 1. The van der Waals surface area contributed by atoms with Crippen molar-refractivity contribution in [3.05, 3.63) is 0 Å². The SMILES string of the molecule is C[C@@H](O)CC(F)(F)C(F)(F)F. The maximum Gasteiger partial charge on any atom is 0.453 e. The second-order valence-corrected chi connectivity index (χ2v) is 2.26. The molecule has 0 aromatic rings. The zero-order valence-electron chi connectivity index (χ0n) is 5.62. The van der Waals surface area contributed by atoms with E-state index in [1.807, 2.05) is 0 Å². The summed E-state index contributed by atoms with van der Waals surface area (Å²) in [6.07, 6.45) is -8.81. The molecule has 0 aliphatic rings. The van der Waals surface area contributed by atoms with Crippen molar-refractivity contribution >= 4 is 0 Å². The van der Waals surface area contributed by atoms with Crippen LogP contribution in [-0.2, 0) is 0 Å². The molecule has 11 heavy (non-hydrogen) atoms. The van der Waals surface area contributed by atoms with E-state index in [1.165, 1.54) is 0 Å². The lowest BCUT2D eigenvalue weighted by atomic mass is 10.1. The smallest absolute Gasteiger partial charge is 0.393 e. The third-order valence-electron chi connectivity index (χ3n) is 0.967. The molecule has 0 unspecified atom stereocenters. The van der Waals surface area contributed by atoms with Crippen molar-refractivity contribution in [2.45, 2.75) is 31.5 Å². The van der Waals surface area contributed by atoms with Gasteiger partial charge >= 0.3 is 12.1 Å². The first-order valence-electron chi connectivity index (χ1n) is 2.79. The number of hydrogen-bond acceptors (Lipinski definition) is 1. The van der Waals surface area contributed by atoms with Gasteiger partial charge in [0.2, 0.25) is 0 Å². The summed E-state index contributed by atoms with van der Waals surface area (Å²) >= 11 is 0. The average molecular weight is 178 g/mol. The number of aliphatic hydroxyl groups is 1. The molecule has 0 aliphatic carbocycles. The fourth-order valence-electron chi connectivity index (χ4n) is 0.487. The van der Waals surface area contributed by atoms with Crippen LogP contribution in [0.15, 0.2) is 0 Å². The lowest BCUT2D eigenvalue weighted by Crippen LogP contribution is -2.38. The van der Waals surface area contributed by atoms with E-state index < -0.39 is 24.6 Å². The van der Waals surface area contributed by atoms with Gasteiger partial charge in [0, 0.05) is 6.42 Å². The molecule has 68 valence electrons. The molecule has 0 rings (SSSR count). The van der Waals surface area contributed by atoms with Crippen molar-refractivity contribution in [2.24, 2.45) is 0 Å². The summed E-state index contributed by atoms with van der Waals surface area (Å²) in [4.78, 5) is 0. The quantitative estimate of drug-likeness (QED) is 0.641. The minimum Gasteiger partial charge on any atom is -0.393 e. The van der Waals surface area contributed by atoms with E-state index in [2.05, 4.69) is 0 Å². The molecular weight excluding hydrogens is 171 g/mol. The van der Waals surface area contributed by atoms with E-state index in [0.29, 0.717) is 0 Å². The fourth-order valence-corrected chi connectivity index (χ4v) is 0.487. The first-order chi connectivity index (χ1) is 4.67. The van der Waals surface area contributed by atoms with E-state index in [4.69, 9.17) is 5.11 Å². The van der Waals surface area contributed by atoms with E-state index in [9.17, 15) is 22.0 Å². The first-order valence-corrected chi connectivity index (χ1v) is 2.79. The van der Waals surface area contributed by atoms with Gasteiger partial charge in [0.05, 0.1) is 6.10 Å². The number of hydrogen-bond donors (Lipinski definition) is 1. The highest BCUT2D eigenvalue weighted by molar-refractivity contribution is 4.77. The molecular formula is C5H7F5O. The first kappa shape index (κ1) is 10.6. The third-order valence-corrected chi connectivity index (χ3v) is 0.967. The van der Waals surface area contributed by atoms with E-state index in [1.54, 1.807) is 0 Å². The molecule has 0 saturated carbocycles. The van der Waals surface area contributed by atoms with Gasteiger partial charge in [-0.3, -0.25) is 0 Å². The predicted octanol–water partition coefficient (Wildman–Crippen LogP) is 1.95. The van der Waals surface area contributed by atoms with Crippen molar-refractivity contribution in [3.8, 4) is 0 Å². The Morgan fingerprint density at radius 1 is 1.18 bits per heavy atom. The molecule has 0 aromatic heterocycles. The maximum atomic E-state index is 11.9. The van der Waals surface area contributed by atoms with Gasteiger partial charge < -0.3 is 5.11 Å². The topological polar surface area (TPSA) is 20.2 Å². The Morgan fingerprint density at radius 3 is 1.64 bits per heavy atom.